The highest BCUT2D eigenvalue weighted by atomic mass is 16.6. The fourth-order valence-corrected chi connectivity index (χ4v) is 2.09. The molecule has 0 bridgehead atoms. The maximum atomic E-state index is 11.7. The monoisotopic (exact) mass is 309 g/mol. The van der Waals surface area contributed by atoms with E-state index >= 15 is 0 Å². The molecular weight excluding hydrogens is 286 g/mol. The lowest BCUT2D eigenvalue weighted by Gasteiger charge is -2.10. The lowest BCUT2D eigenvalue weighted by Crippen LogP contribution is -2.07. The minimum Gasteiger partial charge on any atom is -0.493 e. The van der Waals surface area contributed by atoms with Gasteiger partial charge in [0.1, 0.15) is 11.3 Å². The number of non-ortho nitro benzene ring substituents is 1. The molecule has 1 aromatic carbocycles. The summed E-state index contributed by atoms with van der Waals surface area (Å²) in [5, 5.41) is 10.8. The van der Waals surface area contributed by atoms with Crippen molar-refractivity contribution in [1.82, 2.24) is 0 Å². The molecular formula is C16H23NO5. The Morgan fingerprint density at radius 3 is 2.50 bits per heavy atom. The number of nitro benzene ring substituents is 1. The third kappa shape index (κ3) is 5.71. The number of esters is 1. The number of methoxy groups -OCH3 is 1. The van der Waals surface area contributed by atoms with Crippen LogP contribution in [0.5, 0.6) is 5.75 Å². The Morgan fingerprint density at radius 2 is 1.86 bits per heavy atom. The number of nitro groups is 1. The molecule has 0 N–H and O–H groups in total. The summed E-state index contributed by atoms with van der Waals surface area (Å²) in [6.45, 7) is 2.65. The number of hydrogen-bond donors (Lipinski definition) is 0. The molecule has 0 aliphatic carbocycles. The Morgan fingerprint density at radius 1 is 1.18 bits per heavy atom. The topological polar surface area (TPSA) is 78.7 Å². The van der Waals surface area contributed by atoms with Gasteiger partial charge in [-0.15, -0.1) is 0 Å². The van der Waals surface area contributed by atoms with E-state index in [4.69, 9.17) is 4.74 Å². The SMILES string of the molecule is CCCCCCCCOc1ccc([N+](=O)[O-])cc1C(=O)OC. The minimum absolute atomic E-state index is 0.0858. The summed E-state index contributed by atoms with van der Waals surface area (Å²) in [5.41, 5.74) is -0.0741. The highest BCUT2D eigenvalue weighted by Gasteiger charge is 2.18. The van der Waals surface area contributed by atoms with Crippen molar-refractivity contribution in [3.05, 3.63) is 33.9 Å². The molecule has 0 radical (unpaired) electrons. The number of nitrogens with zero attached hydrogens (tertiary/aromatic N) is 1. The number of carbonyl (C=O) groups excluding carboxylic acids is 1. The average Bonchev–Trinajstić information content (AvgIpc) is 2.53. The molecule has 0 unspecified atom stereocenters. The summed E-state index contributed by atoms with van der Waals surface area (Å²) >= 11 is 0. The molecule has 0 saturated carbocycles. The van der Waals surface area contributed by atoms with Crippen LogP contribution in [0.2, 0.25) is 0 Å². The second kappa shape index (κ2) is 9.76. The molecule has 0 aliphatic rings. The molecule has 1 aromatic rings. The number of benzene rings is 1. The summed E-state index contributed by atoms with van der Waals surface area (Å²) in [6, 6.07) is 3.95. The van der Waals surface area contributed by atoms with Crippen molar-refractivity contribution in [2.75, 3.05) is 13.7 Å². The van der Waals surface area contributed by atoms with E-state index in [1.54, 1.807) is 0 Å². The number of carbonyl (C=O) groups is 1. The van der Waals surface area contributed by atoms with Crippen molar-refractivity contribution in [2.24, 2.45) is 0 Å². The third-order valence-electron chi connectivity index (χ3n) is 3.33. The number of unbranched alkanes of at least 4 members (excludes halogenated alkanes) is 5. The first-order valence-corrected chi connectivity index (χ1v) is 7.59. The fraction of sp³-hybridized carbons (Fsp3) is 0.562. The molecule has 0 amide bonds. The lowest BCUT2D eigenvalue weighted by atomic mass is 10.1. The zero-order chi connectivity index (χ0) is 16.4. The molecule has 0 saturated heterocycles. The summed E-state index contributed by atoms with van der Waals surface area (Å²) in [5.74, 6) is -0.312. The first-order valence-electron chi connectivity index (χ1n) is 7.59. The van der Waals surface area contributed by atoms with Crippen molar-refractivity contribution in [3.8, 4) is 5.75 Å². The molecule has 122 valence electrons. The van der Waals surface area contributed by atoms with Crippen molar-refractivity contribution < 1.29 is 19.2 Å². The van der Waals surface area contributed by atoms with Gasteiger partial charge in [0.15, 0.2) is 0 Å². The van der Waals surface area contributed by atoms with Crippen molar-refractivity contribution in [1.29, 1.82) is 0 Å². The Kier molecular flexibility index (Phi) is 7.96. The number of rotatable bonds is 10. The van der Waals surface area contributed by atoms with E-state index in [-0.39, 0.29) is 11.3 Å². The van der Waals surface area contributed by atoms with Gasteiger partial charge in [-0.1, -0.05) is 39.0 Å². The van der Waals surface area contributed by atoms with Gasteiger partial charge in [0, 0.05) is 12.1 Å². The maximum absolute atomic E-state index is 11.7. The van der Waals surface area contributed by atoms with Gasteiger partial charge in [0.2, 0.25) is 0 Å². The maximum Gasteiger partial charge on any atom is 0.341 e. The predicted molar refractivity (Wildman–Crippen MR) is 83.3 cm³/mol. The van der Waals surface area contributed by atoms with Gasteiger partial charge in [0.05, 0.1) is 18.6 Å². The summed E-state index contributed by atoms with van der Waals surface area (Å²) in [7, 11) is 1.23. The van der Waals surface area contributed by atoms with Crippen LogP contribution < -0.4 is 4.74 Å². The van der Waals surface area contributed by atoms with E-state index in [0.717, 1.165) is 12.8 Å². The van der Waals surface area contributed by atoms with E-state index in [1.807, 2.05) is 0 Å². The van der Waals surface area contributed by atoms with Crippen molar-refractivity contribution >= 4 is 11.7 Å². The first kappa shape index (κ1) is 17.9. The van der Waals surface area contributed by atoms with E-state index in [9.17, 15) is 14.9 Å². The minimum atomic E-state index is -0.637. The third-order valence-corrected chi connectivity index (χ3v) is 3.33. The highest BCUT2D eigenvalue weighted by Crippen LogP contribution is 2.25. The standard InChI is InChI=1S/C16H23NO5/c1-3-4-5-6-7-8-11-22-15-10-9-13(17(19)20)12-14(15)16(18)21-2/h9-10,12H,3-8,11H2,1-2H3. The van der Waals surface area contributed by atoms with E-state index in [2.05, 4.69) is 11.7 Å². The zero-order valence-corrected chi connectivity index (χ0v) is 13.2. The van der Waals surface area contributed by atoms with Gasteiger partial charge in [0.25, 0.3) is 5.69 Å². The van der Waals surface area contributed by atoms with Crippen LogP contribution in [0.1, 0.15) is 55.8 Å². The zero-order valence-electron chi connectivity index (χ0n) is 13.2. The summed E-state index contributed by atoms with van der Waals surface area (Å²) < 4.78 is 10.2. The van der Waals surface area contributed by atoms with Gasteiger partial charge in [-0.3, -0.25) is 10.1 Å². The van der Waals surface area contributed by atoms with Crippen molar-refractivity contribution in [3.63, 3.8) is 0 Å². The highest BCUT2D eigenvalue weighted by molar-refractivity contribution is 5.93. The van der Waals surface area contributed by atoms with Crippen LogP contribution in [0.3, 0.4) is 0 Å². The van der Waals surface area contributed by atoms with Crippen LogP contribution in [0.4, 0.5) is 5.69 Å². The van der Waals surface area contributed by atoms with Gasteiger partial charge in [-0.25, -0.2) is 4.79 Å². The second-order valence-electron chi connectivity index (χ2n) is 5.05. The van der Waals surface area contributed by atoms with Gasteiger partial charge in [-0.05, 0) is 12.5 Å². The molecule has 1 rings (SSSR count). The van der Waals surface area contributed by atoms with Gasteiger partial charge in [-0.2, -0.15) is 0 Å². The van der Waals surface area contributed by atoms with Crippen LogP contribution >= 0.6 is 0 Å². The Hall–Kier alpha value is -2.11. The smallest absolute Gasteiger partial charge is 0.341 e. The summed E-state index contributed by atoms with van der Waals surface area (Å²) in [4.78, 5) is 21.9. The predicted octanol–water partition coefficient (Wildman–Crippen LogP) is 4.12. The largest absolute Gasteiger partial charge is 0.493 e. The molecule has 0 fully saturated rings. The molecule has 6 heteroatoms. The molecule has 0 aliphatic heterocycles. The van der Waals surface area contributed by atoms with E-state index < -0.39 is 10.9 Å². The quantitative estimate of drug-likeness (QED) is 0.281. The second-order valence-corrected chi connectivity index (χ2v) is 5.05. The van der Waals surface area contributed by atoms with Crippen molar-refractivity contribution in [2.45, 2.75) is 45.4 Å². The van der Waals surface area contributed by atoms with Crippen LogP contribution in [0, 0.1) is 10.1 Å². The Balaban J connectivity index is 2.58. The molecule has 0 atom stereocenters. The fourth-order valence-electron chi connectivity index (χ4n) is 2.09. The number of ether oxygens (including phenoxy) is 2. The molecule has 22 heavy (non-hydrogen) atoms. The number of hydrogen-bond acceptors (Lipinski definition) is 5. The van der Waals surface area contributed by atoms with Crippen LogP contribution in [-0.4, -0.2) is 24.6 Å². The first-order chi connectivity index (χ1) is 10.6. The summed E-state index contributed by atoms with van der Waals surface area (Å²) in [6.07, 6.45) is 6.81. The van der Waals surface area contributed by atoms with Crippen LogP contribution in [0.15, 0.2) is 18.2 Å². The Bertz CT molecular complexity index is 501. The Labute approximate surface area is 130 Å². The molecule has 0 spiro atoms. The lowest BCUT2D eigenvalue weighted by molar-refractivity contribution is -0.384. The van der Waals surface area contributed by atoms with E-state index in [1.165, 1.54) is 51.0 Å². The average molecular weight is 309 g/mol. The van der Waals surface area contributed by atoms with Crippen LogP contribution in [0.25, 0.3) is 0 Å². The van der Waals surface area contributed by atoms with Crippen LogP contribution in [-0.2, 0) is 4.74 Å². The molecule has 6 nitrogen and oxygen atoms in total. The molecule has 0 heterocycles. The van der Waals surface area contributed by atoms with E-state index in [0.29, 0.717) is 12.4 Å². The van der Waals surface area contributed by atoms with Gasteiger partial charge >= 0.3 is 5.97 Å². The normalized spacial score (nSPS) is 10.3. The molecule has 0 aromatic heterocycles. The van der Waals surface area contributed by atoms with Gasteiger partial charge < -0.3 is 9.47 Å².